The second-order valence-corrected chi connectivity index (χ2v) is 6.07. The van der Waals surface area contributed by atoms with Gasteiger partial charge in [-0.25, -0.2) is 4.79 Å². The summed E-state index contributed by atoms with van der Waals surface area (Å²) in [6.45, 7) is 4.18. The first-order valence-electron chi connectivity index (χ1n) is 8.16. The van der Waals surface area contributed by atoms with Crippen molar-refractivity contribution >= 4 is 23.5 Å². The van der Waals surface area contributed by atoms with Crippen molar-refractivity contribution in [3.8, 4) is 0 Å². The van der Waals surface area contributed by atoms with Gasteiger partial charge in [0.05, 0.1) is 0 Å². The van der Waals surface area contributed by atoms with Crippen LogP contribution in [-0.2, 0) is 4.79 Å². The Bertz CT molecular complexity index is 722. The van der Waals surface area contributed by atoms with E-state index in [1.165, 1.54) is 0 Å². The first-order valence-corrected chi connectivity index (χ1v) is 8.54. The molecule has 0 spiro atoms. The zero-order valence-corrected chi connectivity index (χ0v) is 15.0. The third-order valence-electron chi connectivity index (χ3n) is 3.73. The molecule has 25 heavy (non-hydrogen) atoms. The average Bonchev–Trinajstić information content (AvgIpc) is 2.60. The summed E-state index contributed by atoms with van der Waals surface area (Å²) in [7, 11) is 0. The number of nitrogens with one attached hydrogen (secondary N) is 3. The number of amides is 3. The zero-order valence-electron chi connectivity index (χ0n) is 14.3. The fourth-order valence-electron chi connectivity index (χ4n) is 2.48. The molecule has 0 unspecified atom stereocenters. The summed E-state index contributed by atoms with van der Waals surface area (Å²) in [6, 6.07) is 15.4. The van der Waals surface area contributed by atoms with Crippen molar-refractivity contribution in [2.24, 2.45) is 0 Å². The minimum Gasteiger partial charge on any atom is -0.338 e. The molecule has 0 fully saturated rings. The first-order chi connectivity index (χ1) is 12.0. The Kier molecular flexibility index (Phi) is 6.98. The molecule has 3 amide bonds. The molecule has 2 rings (SSSR count). The molecule has 2 aromatic rings. The maximum Gasteiger partial charge on any atom is 0.321 e. The van der Waals surface area contributed by atoms with Crippen molar-refractivity contribution in [2.45, 2.75) is 25.9 Å². The highest BCUT2D eigenvalue weighted by Gasteiger charge is 2.24. The summed E-state index contributed by atoms with van der Waals surface area (Å²) in [5.41, 5.74) is 1.73. The number of carbonyl (C=O) groups excluding carboxylic acids is 2. The van der Waals surface area contributed by atoms with Crippen LogP contribution in [0.25, 0.3) is 0 Å². The third kappa shape index (κ3) is 5.59. The van der Waals surface area contributed by atoms with Crippen LogP contribution in [0.1, 0.15) is 37.1 Å². The molecular formula is C19H22ClN3O2. The van der Waals surface area contributed by atoms with Crippen molar-refractivity contribution in [1.82, 2.24) is 16.0 Å². The number of halogens is 1. The highest BCUT2D eigenvalue weighted by atomic mass is 35.5. The van der Waals surface area contributed by atoms with E-state index in [9.17, 15) is 9.59 Å². The molecule has 0 bridgehead atoms. The summed E-state index contributed by atoms with van der Waals surface area (Å²) in [5, 5.41) is 8.84. The van der Waals surface area contributed by atoms with Gasteiger partial charge >= 0.3 is 6.03 Å². The molecule has 2 atom stereocenters. The topological polar surface area (TPSA) is 70.2 Å². The van der Waals surface area contributed by atoms with E-state index in [0.717, 1.165) is 11.1 Å². The maximum atomic E-state index is 12.6. The lowest BCUT2D eigenvalue weighted by Crippen LogP contribution is -2.45. The van der Waals surface area contributed by atoms with E-state index in [1.54, 1.807) is 13.0 Å². The first kappa shape index (κ1) is 19.0. The number of rotatable bonds is 6. The van der Waals surface area contributed by atoms with Crippen LogP contribution in [0.4, 0.5) is 4.79 Å². The van der Waals surface area contributed by atoms with Crippen LogP contribution in [0.2, 0.25) is 5.02 Å². The Balaban J connectivity index is 2.20. The molecule has 0 radical (unpaired) electrons. The van der Waals surface area contributed by atoms with E-state index in [0.29, 0.717) is 11.6 Å². The Morgan fingerprint density at radius 2 is 1.72 bits per heavy atom. The summed E-state index contributed by atoms with van der Waals surface area (Å²) >= 11 is 6.05. The van der Waals surface area contributed by atoms with Crippen molar-refractivity contribution in [3.63, 3.8) is 0 Å². The molecule has 132 valence electrons. The lowest BCUT2D eigenvalue weighted by atomic mass is 10.0. The Labute approximate surface area is 152 Å². The third-order valence-corrected chi connectivity index (χ3v) is 3.97. The van der Waals surface area contributed by atoms with Gasteiger partial charge in [-0.15, -0.1) is 0 Å². The van der Waals surface area contributed by atoms with Crippen LogP contribution in [-0.4, -0.2) is 18.5 Å². The van der Waals surface area contributed by atoms with Gasteiger partial charge in [-0.05, 0) is 37.1 Å². The Morgan fingerprint density at radius 1 is 1.04 bits per heavy atom. The fraction of sp³-hybridized carbons (Fsp3) is 0.263. The minimum atomic E-state index is -0.669. The van der Waals surface area contributed by atoms with E-state index in [2.05, 4.69) is 16.0 Å². The van der Waals surface area contributed by atoms with Gasteiger partial charge in [0.15, 0.2) is 0 Å². The molecule has 6 heteroatoms. The van der Waals surface area contributed by atoms with Crippen molar-refractivity contribution < 1.29 is 9.59 Å². The monoisotopic (exact) mass is 359 g/mol. The number of urea groups is 1. The van der Waals surface area contributed by atoms with Crippen molar-refractivity contribution in [1.29, 1.82) is 0 Å². The molecule has 0 saturated heterocycles. The van der Waals surface area contributed by atoms with Crippen molar-refractivity contribution in [2.75, 3.05) is 6.54 Å². The lowest BCUT2D eigenvalue weighted by Gasteiger charge is -2.23. The molecule has 0 heterocycles. The van der Waals surface area contributed by atoms with E-state index < -0.39 is 18.0 Å². The standard InChI is InChI=1S/C19H22ClN3O2/c1-3-21-19(25)23-18(24)17(14-8-5-4-6-9-14)22-13(2)15-10-7-11-16(20)12-15/h4-13,17,22H,3H2,1-2H3,(H2,21,23,24,25)/t13-,17+/m0/s1. The predicted molar refractivity (Wildman–Crippen MR) is 99.4 cm³/mol. The number of benzene rings is 2. The average molecular weight is 360 g/mol. The molecule has 0 aromatic heterocycles. The van der Waals surface area contributed by atoms with Crippen molar-refractivity contribution in [3.05, 3.63) is 70.7 Å². The van der Waals surface area contributed by atoms with Crippen LogP contribution in [0.3, 0.4) is 0 Å². The summed E-state index contributed by atoms with van der Waals surface area (Å²) in [5.74, 6) is -0.411. The minimum absolute atomic E-state index is 0.135. The van der Waals surface area contributed by atoms with Gasteiger partial charge in [-0.2, -0.15) is 0 Å². The van der Waals surface area contributed by atoms with Crippen LogP contribution in [0, 0.1) is 0 Å². The normalized spacial score (nSPS) is 12.9. The Hall–Kier alpha value is -2.37. The highest BCUT2D eigenvalue weighted by molar-refractivity contribution is 6.30. The van der Waals surface area contributed by atoms with Gasteiger partial charge in [0.1, 0.15) is 6.04 Å². The van der Waals surface area contributed by atoms with Gasteiger partial charge in [0, 0.05) is 17.6 Å². The Morgan fingerprint density at radius 3 is 2.36 bits per heavy atom. The van der Waals surface area contributed by atoms with Gasteiger partial charge < -0.3 is 5.32 Å². The van der Waals surface area contributed by atoms with Gasteiger partial charge in [0.25, 0.3) is 0 Å². The molecule has 3 N–H and O–H groups in total. The quantitative estimate of drug-likeness (QED) is 0.738. The molecule has 0 aliphatic rings. The fourth-order valence-corrected chi connectivity index (χ4v) is 2.68. The smallest absolute Gasteiger partial charge is 0.321 e. The molecule has 2 aromatic carbocycles. The second kappa shape index (κ2) is 9.20. The molecule has 0 aliphatic carbocycles. The highest BCUT2D eigenvalue weighted by Crippen LogP contribution is 2.22. The SMILES string of the molecule is CCNC(=O)NC(=O)[C@H](N[C@@H](C)c1cccc(Cl)c1)c1ccccc1. The maximum absolute atomic E-state index is 12.6. The van der Waals surface area contributed by atoms with E-state index >= 15 is 0 Å². The number of imide groups is 1. The lowest BCUT2D eigenvalue weighted by molar-refractivity contribution is -0.122. The van der Waals surface area contributed by atoms with Gasteiger partial charge in [-0.3, -0.25) is 15.4 Å². The number of carbonyl (C=O) groups is 2. The number of hydrogen-bond acceptors (Lipinski definition) is 3. The molecule has 0 saturated carbocycles. The van der Waals surface area contributed by atoms with Gasteiger partial charge in [-0.1, -0.05) is 54.1 Å². The summed E-state index contributed by atoms with van der Waals surface area (Å²) in [6.07, 6.45) is 0. The van der Waals surface area contributed by atoms with Crippen LogP contribution >= 0.6 is 11.6 Å². The van der Waals surface area contributed by atoms with E-state index in [1.807, 2.05) is 55.5 Å². The van der Waals surface area contributed by atoms with Crippen LogP contribution in [0.5, 0.6) is 0 Å². The number of hydrogen-bond donors (Lipinski definition) is 3. The molecule has 0 aliphatic heterocycles. The van der Waals surface area contributed by atoms with E-state index in [4.69, 9.17) is 11.6 Å². The van der Waals surface area contributed by atoms with Crippen LogP contribution < -0.4 is 16.0 Å². The predicted octanol–water partition coefficient (Wildman–Crippen LogP) is 3.58. The second-order valence-electron chi connectivity index (χ2n) is 5.64. The molecular weight excluding hydrogens is 338 g/mol. The molecule has 5 nitrogen and oxygen atoms in total. The van der Waals surface area contributed by atoms with Gasteiger partial charge in [0.2, 0.25) is 5.91 Å². The van der Waals surface area contributed by atoms with E-state index in [-0.39, 0.29) is 6.04 Å². The summed E-state index contributed by atoms with van der Waals surface area (Å²) in [4.78, 5) is 24.3. The summed E-state index contributed by atoms with van der Waals surface area (Å²) < 4.78 is 0. The van der Waals surface area contributed by atoms with Crippen LogP contribution in [0.15, 0.2) is 54.6 Å². The zero-order chi connectivity index (χ0) is 18.2. The largest absolute Gasteiger partial charge is 0.338 e.